The lowest BCUT2D eigenvalue weighted by atomic mass is 10.4. The molecule has 0 unspecified atom stereocenters. The fourth-order valence-electron chi connectivity index (χ4n) is 1.43. The van der Waals surface area contributed by atoms with Crippen molar-refractivity contribution in [2.75, 3.05) is 45.9 Å². The number of morpholine rings is 1. The highest BCUT2D eigenvalue weighted by Crippen LogP contribution is 1.94. The summed E-state index contributed by atoms with van der Waals surface area (Å²) in [6.07, 6.45) is 0. The highest BCUT2D eigenvalue weighted by molar-refractivity contribution is 6.35. The van der Waals surface area contributed by atoms with Gasteiger partial charge in [0.05, 0.1) is 19.3 Å². The summed E-state index contributed by atoms with van der Waals surface area (Å²) < 4.78 is 5.19. The molecule has 1 aliphatic heterocycles. The van der Waals surface area contributed by atoms with E-state index >= 15 is 0 Å². The van der Waals surface area contributed by atoms with Gasteiger partial charge in [0.25, 0.3) is 0 Å². The molecule has 0 aromatic rings. The summed E-state index contributed by atoms with van der Waals surface area (Å²) >= 11 is 0. The van der Waals surface area contributed by atoms with Crippen molar-refractivity contribution < 1.29 is 14.3 Å². The zero-order chi connectivity index (χ0) is 12.5. The van der Waals surface area contributed by atoms with Gasteiger partial charge in [0.2, 0.25) is 0 Å². The summed E-state index contributed by atoms with van der Waals surface area (Å²) in [4.78, 5) is 24.4. The van der Waals surface area contributed by atoms with Gasteiger partial charge >= 0.3 is 11.8 Å². The second kappa shape index (κ2) is 7.60. The summed E-state index contributed by atoms with van der Waals surface area (Å²) in [7, 11) is 0. The molecular formula is C10H16N4O3. The van der Waals surface area contributed by atoms with Crippen LogP contribution in [-0.4, -0.2) is 62.7 Å². The minimum atomic E-state index is -0.770. The first kappa shape index (κ1) is 13.4. The van der Waals surface area contributed by atoms with Crippen LogP contribution in [0, 0.1) is 11.3 Å². The summed E-state index contributed by atoms with van der Waals surface area (Å²) in [5.74, 6) is -1.47. The van der Waals surface area contributed by atoms with Crippen molar-refractivity contribution in [2.24, 2.45) is 0 Å². The van der Waals surface area contributed by atoms with Crippen LogP contribution in [0.15, 0.2) is 0 Å². The first-order chi connectivity index (χ1) is 8.24. The molecule has 0 saturated carbocycles. The van der Waals surface area contributed by atoms with Crippen LogP contribution >= 0.6 is 0 Å². The number of hydrogen-bond donors (Lipinski definition) is 2. The summed E-state index contributed by atoms with van der Waals surface area (Å²) in [6.45, 7) is 4.05. The number of carbonyl (C=O) groups is 2. The molecule has 1 heterocycles. The first-order valence-corrected chi connectivity index (χ1v) is 5.47. The third kappa shape index (κ3) is 5.29. The molecule has 0 radical (unpaired) electrons. The number of rotatable bonds is 4. The Labute approximate surface area is 99.7 Å². The lowest BCUT2D eigenvalue weighted by molar-refractivity contribution is -0.139. The third-order valence-corrected chi connectivity index (χ3v) is 2.35. The maximum Gasteiger partial charge on any atom is 0.310 e. The van der Waals surface area contributed by atoms with Gasteiger partial charge in [-0.3, -0.25) is 14.5 Å². The van der Waals surface area contributed by atoms with Gasteiger partial charge in [-0.2, -0.15) is 5.26 Å². The van der Waals surface area contributed by atoms with E-state index in [9.17, 15) is 9.59 Å². The van der Waals surface area contributed by atoms with Crippen molar-refractivity contribution >= 4 is 11.8 Å². The predicted octanol–water partition coefficient (Wildman–Crippen LogP) is -1.93. The number of carbonyl (C=O) groups excluding carboxylic acids is 2. The Morgan fingerprint density at radius 2 is 1.88 bits per heavy atom. The van der Waals surface area contributed by atoms with Crippen molar-refractivity contribution in [3.05, 3.63) is 0 Å². The summed E-state index contributed by atoms with van der Waals surface area (Å²) in [5.41, 5.74) is 0. The molecule has 2 amide bonds. The predicted molar refractivity (Wildman–Crippen MR) is 58.9 cm³/mol. The van der Waals surface area contributed by atoms with Gasteiger partial charge in [-0.05, 0) is 0 Å². The minimum Gasteiger partial charge on any atom is -0.379 e. The van der Waals surface area contributed by atoms with E-state index in [4.69, 9.17) is 10.00 Å². The Hall–Kier alpha value is -1.65. The van der Waals surface area contributed by atoms with Crippen LogP contribution in [0.25, 0.3) is 0 Å². The number of nitriles is 1. The Bertz CT molecular complexity index is 307. The van der Waals surface area contributed by atoms with Crippen molar-refractivity contribution in [3.8, 4) is 6.07 Å². The molecule has 2 N–H and O–H groups in total. The van der Waals surface area contributed by atoms with Gasteiger partial charge in [0.1, 0.15) is 6.54 Å². The normalized spacial score (nSPS) is 15.9. The molecule has 0 aromatic heterocycles. The van der Waals surface area contributed by atoms with Crippen LogP contribution in [-0.2, 0) is 14.3 Å². The Kier molecular flexibility index (Phi) is 5.99. The smallest absolute Gasteiger partial charge is 0.310 e. The molecule has 1 aliphatic rings. The van der Waals surface area contributed by atoms with E-state index in [2.05, 4.69) is 15.5 Å². The average molecular weight is 240 g/mol. The number of ether oxygens (including phenoxy) is 1. The first-order valence-electron chi connectivity index (χ1n) is 5.47. The van der Waals surface area contributed by atoms with Crippen molar-refractivity contribution in [1.82, 2.24) is 15.5 Å². The second-order valence-corrected chi connectivity index (χ2v) is 3.55. The van der Waals surface area contributed by atoms with Gasteiger partial charge < -0.3 is 15.4 Å². The molecule has 1 fully saturated rings. The standard InChI is InChI=1S/C10H16N4O3/c11-1-2-12-9(15)10(16)13-3-4-14-5-7-17-8-6-14/h2-8H2,(H,12,15)(H,13,16). The fraction of sp³-hybridized carbons (Fsp3) is 0.700. The van der Waals surface area contributed by atoms with E-state index in [1.165, 1.54) is 0 Å². The van der Waals surface area contributed by atoms with Crippen LogP contribution in [0.5, 0.6) is 0 Å². The molecule has 0 spiro atoms. The molecule has 17 heavy (non-hydrogen) atoms. The van der Waals surface area contributed by atoms with Crippen LogP contribution in [0.1, 0.15) is 0 Å². The number of amides is 2. The lowest BCUT2D eigenvalue weighted by Crippen LogP contribution is -2.45. The van der Waals surface area contributed by atoms with Crippen LogP contribution < -0.4 is 10.6 Å². The molecule has 94 valence electrons. The fourth-order valence-corrected chi connectivity index (χ4v) is 1.43. The van der Waals surface area contributed by atoms with Crippen LogP contribution in [0.3, 0.4) is 0 Å². The van der Waals surface area contributed by atoms with Gasteiger partial charge in [-0.1, -0.05) is 0 Å². The van der Waals surface area contributed by atoms with E-state index in [0.29, 0.717) is 26.3 Å². The SMILES string of the molecule is N#CCNC(=O)C(=O)NCCN1CCOCC1. The van der Waals surface area contributed by atoms with Gasteiger partial charge in [0.15, 0.2) is 0 Å². The molecule has 0 aromatic carbocycles. The van der Waals surface area contributed by atoms with E-state index in [-0.39, 0.29) is 6.54 Å². The highest BCUT2D eigenvalue weighted by atomic mass is 16.5. The third-order valence-electron chi connectivity index (χ3n) is 2.35. The summed E-state index contributed by atoms with van der Waals surface area (Å²) in [5, 5.41) is 12.9. The Balaban J connectivity index is 2.10. The highest BCUT2D eigenvalue weighted by Gasteiger charge is 2.13. The molecule has 0 aliphatic carbocycles. The number of nitrogens with zero attached hydrogens (tertiary/aromatic N) is 2. The van der Waals surface area contributed by atoms with Crippen molar-refractivity contribution in [3.63, 3.8) is 0 Å². The number of hydrogen-bond acceptors (Lipinski definition) is 5. The number of nitrogens with one attached hydrogen (secondary N) is 2. The Morgan fingerprint density at radius 3 is 2.53 bits per heavy atom. The quantitative estimate of drug-likeness (QED) is 0.441. The lowest BCUT2D eigenvalue weighted by Gasteiger charge is -2.26. The van der Waals surface area contributed by atoms with Crippen molar-refractivity contribution in [2.45, 2.75) is 0 Å². The molecule has 0 atom stereocenters. The van der Waals surface area contributed by atoms with Gasteiger partial charge in [-0.25, -0.2) is 0 Å². The van der Waals surface area contributed by atoms with E-state index in [1.54, 1.807) is 6.07 Å². The summed E-state index contributed by atoms with van der Waals surface area (Å²) in [6, 6.07) is 1.73. The largest absolute Gasteiger partial charge is 0.379 e. The van der Waals surface area contributed by atoms with E-state index < -0.39 is 11.8 Å². The van der Waals surface area contributed by atoms with Crippen LogP contribution in [0.4, 0.5) is 0 Å². The average Bonchev–Trinajstić information content (AvgIpc) is 2.37. The maximum absolute atomic E-state index is 11.2. The maximum atomic E-state index is 11.2. The molecule has 7 heteroatoms. The van der Waals surface area contributed by atoms with Gasteiger partial charge in [-0.15, -0.1) is 0 Å². The second-order valence-electron chi connectivity index (χ2n) is 3.55. The topological polar surface area (TPSA) is 94.5 Å². The monoisotopic (exact) mass is 240 g/mol. The molecule has 7 nitrogen and oxygen atoms in total. The zero-order valence-corrected chi connectivity index (χ0v) is 9.57. The van der Waals surface area contributed by atoms with E-state index in [1.807, 2.05) is 0 Å². The molecular weight excluding hydrogens is 224 g/mol. The molecule has 1 saturated heterocycles. The Morgan fingerprint density at radius 1 is 1.24 bits per heavy atom. The van der Waals surface area contributed by atoms with E-state index in [0.717, 1.165) is 13.1 Å². The van der Waals surface area contributed by atoms with Gasteiger partial charge in [0, 0.05) is 26.2 Å². The van der Waals surface area contributed by atoms with Crippen molar-refractivity contribution in [1.29, 1.82) is 5.26 Å². The van der Waals surface area contributed by atoms with Crippen LogP contribution in [0.2, 0.25) is 0 Å². The molecule has 1 rings (SSSR count). The zero-order valence-electron chi connectivity index (χ0n) is 9.57. The molecule has 0 bridgehead atoms. The minimum absolute atomic E-state index is 0.157.